The highest BCUT2D eigenvalue weighted by Crippen LogP contribution is 2.25. The Morgan fingerprint density at radius 2 is 1.86 bits per heavy atom. The molecule has 116 valence electrons. The van der Waals surface area contributed by atoms with Crippen LogP contribution in [0.3, 0.4) is 0 Å². The Hall–Kier alpha value is -1.91. The molecule has 2 aromatic carbocycles. The van der Waals surface area contributed by atoms with Crippen molar-refractivity contribution >= 4 is 17.3 Å². The van der Waals surface area contributed by atoms with Crippen LogP contribution in [-0.2, 0) is 0 Å². The highest BCUT2D eigenvalue weighted by atomic mass is 35.5. The maximum Gasteiger partial charge on any atom is 0.269 e. The van der Waals surface area contributed by atoms with Crippen molar-refractivity contribution in [1.29, 1.82) is 0 Å². The molecule has 0 radical (unpaired) electrons. The molecule has 0 bridgehead atoms. The number of non-ortho nitro benzene ring substituents is 1. The Labute approximate surface area is 135 Å². The van der Waals surface area contributed by atoms with Crippen LogP contribution in [0.2, 0.25) is 5.02 Å². The fourth-order valence-electron chi connectivity index (χ4n) is 2.48. The number of nitro groups is 1. The van der Waals surface area contributed by atoms with Crippen molar-refractivity contribution in [3.05, 3.63) is 74.8 Å². The van der Waals surface area contributed by atoms with Crippen LogP contribution in [0.25, 0.3) is 0 Å². The van der Waals surface area contributed by atoms with E-state index in [0.717, 1.165) is 17.5 Å². The van der Waals surface area contributed by atoms with Crippen molar-refractivity contribution in [1.82, 2.24) is 5.32 Å². The van der Waals surface area contributed by atoms with Crippen LogP contribution >= 0.6 is 11.6 Å². The fraction of sp³-hybridized carbons (Fsp3) is 0.294. The van der Waals surface area contributed by atoms with Gasteiger partial charge in [-0.2, -0.15) is 0 Å². The first-order chi connectivity index (χ1) is 10.5. The van der Waals surface area contributed by atoms with Gasteiger partial charge in [0.25, 0.3) is 5.69 Å². The van der Waals surface area contributed by atoms with E-state index < -0.39 is 0 Å². The fourth-order valence-corrected chi connectivity index (χ4v) is 2.68. The molecule has 22 heavy (non-hydrogen) atoms. The Bertz CT molecular complexity index is 661. The lowest BCUT2D eigenvalue weighted by molar-refractivity contribution is -0.384. The van der Waals surface area contributed by atoms with E-state index in [1.54, 1.807) is 12.1 Å². The summed E-state index contributed by atoms with van der Waals surface area (Å²) in [6, 6.07) is 14.6. The molecule has 0 aliphatic carbocycles. The third-order valence-corrected chi connectivity index (χ3v) is 3.93. The van der Waals surface area contributed by atoms with E-state index >= 15 is 0 Å². The van der Waals surface area contributed by atoms with Gasteiger partial charge >= 0.3 is 0 Å². The van der Waals surface area contributed by atoms with Gasteiger partial charge in [0.1, 0.15) is 0 Å². The van der Waals surface area contributed by atoms with E-state index in [-0.39, 0.29) is 22.7 Å². The van der Waals surface area contributed by atoms with Crippen molar-refractivity contribution in [2.24, 2.45) is 0 Å². The summed E-state index contributed by atoms with van der Waals surface area (Å²) in [5.74, 6) is 0. The van der Waals surface area contributed by atoms with Gasteiger partial charge in [-0.15, -0.1) is 0 Å². The van der Waals surface area contributed by atoms with E-state index in [2.05, 4.69) is 19.2 Å². The normalized spacial score (nSPS) is 13.6. The highest BCUT2D eigenvalue weighted by Gasteiger charge is 2.16. The molecule has 0 spiro atoms. The number of benzene rings is 2. The molecule has 0 aromatic heterocycles. The molecule has 0 amide bonds. The molecule has 0 heterocycles. The van der Waals surface area contributed by atoms with Gasteiger partial charge in [0.15, 0.2) is 0 Å². The van der Waals surface area contributed by atoms with Gasteiger partial charge in [-0.05, 0) is 36.6 Å². The van der Waals surface area contributed by atoms with Gasteiger partial charge in [0.2, 0.25) is 0 Å². The SMILES string of the molecule is CCC(NC(C)c1cccc(Cl)c1)c1cccc([N+](=O)[O-])c1. The molecular weight excluding hydrogens is 300 g/mol. The first-order valence-electron chi connectivity index (χ1n) is 7.27. The maximum absolute atomic E-state index is 10.9. The Kier molecular flexibility index (Phi) is 5.52. The number of nitrogens with zero attached hydrogens (tertiary/aromatic N) is 1. The van der Waals surface area contributed by atoms with E-state index in [1.165, 1.54) is 6.07 Å². The second-order valence-corrected chi connectivity index (χ2v) is 5.69. The lowest BCUT2D eigenvalue weighted by Crippen LogP contribution is -2.24. The van der Waals surface area contributed by atoms with Crippen LogP contribution in [0, 0.1) is 10.1 Å². The van der Waals surface area contributed by atoms with Gasteiger partial charge in [-0.1, -0.05) is 42.8 Å². The molecule has 0 aliphatic heterocycles. The van der Waals surface area contributed by atoms with E-state index in [4.69, 9.17) is 11.6 Å². The van der Waals surface area contributed by atoms with E-state index in [9.17, 15) is 10.1 Å². The van der Waals surface area contributed by atoms with Gasteiger partial charge in [-0.25, -0.2) is 0 Å². The molecule has 2 rings (SSSR count). The molecular formula is C17H19ClN2O2. The molecule has 0 fully saturated rings. The van der Waals surface area contributed by atoms with Crippen molar-refractivity contribution < 1.29 is 4.92 Å². The predicted octanol–water partition coefficient (Wildman–Crippen LogP) is 5.05. The summed E-state index contributed by atoms with van der Waals surface area (Å²) >= 11 is 6.03. The second kappa shape index (κ2) is 7.38. The molecule has 0 aliphatic rings. The Morgan fingerprint density at radius 3 is 2.50 bits per heavy atom. The van der Waals surface area contributed by atoms with Crippen LogP contribution in [-0.4, -0.2) is 4.92 Å². The summed E-state index contributed by atoms with van der Waals surface area (Å²) in [5.41, 5.74) is 2.13. The lowest BCUT2D eigenvalue weighted by atomic mass is 10.0. The van der Waals surface area contributed by atoms with Gasteiger partial charge in [0.05, 0.1) is 4.92 Å². The van der Waals surface area contributed by atoms with Crippen LogP contribution < -0.4 is 5.32 Å². The topological polar surface area (TPSA) is 55.2 Å². The predicted molar refractivity (Wildman–Crippen MR) is 89.1 cm³/mol. The zero-order valence-electron chi connectivity index (χ0n) is 12.6. The molecule has 5 heteroatoms. The van der Waals surface area contributed by atoms with Crippen LogP contribution in [0.4, 0.5) is 5.69 Å². The molecule has 1 N–H and O–H groups in total. The molecule has 4 nitrogen and oxygen atoms in total. The monoisotopic (exact) mass is 318 g/mol. The zero-order valence-corrected chi connectivity index (χ0v) is 13.4. The highest BCUT2D eigenvalue weighted by molar-refractivity contribution is 6.30. The summed E-state index contributed by atoms with van der Waals surface area (Å²) in [7, 11) is 0. The number of rotatable bonds is 6. The average Bonchev–Trinajstić information content (AvgIpc) is 2.52. The zero-order chi connectivity index (χ0) is 16.1. The van der Waals surface area contributed by atoms with E-state index in [0.29, 0.717) is 5.02 Å². The number of nitro benzene ring substituents is 1. The lowest BCUT2D eigenvalue weighted by Gasteiger charge is -2.23. The average molecular weight is 319 g/mol. The molecule has 2 atom stereocenters. The molecule has 2 unspecified atom stereocenters. The number of hydrogen-bond donors (Lipinski definition) is 1. The Balaban J connectivity index is 2.18. The van der Waals surface area contributed by atoms with Crippen LogP contribution in [0.5, 0.6) is 0 Å². The van der Waals surface area contributed by atoms with E-state index in [1.807, 2.05) is 30.3 Å². The third-order valence-electron chi connectivity index (χ3n) is 3.69. The molecule has 0 saturated carbocycles. The van der Waals surface area contributed by atoms with Crippen molar-refractivity contribution in [3.8, 4) is 0 Å². The maximum atomic E-state index is 10.9. The second-order valence-electron chi connectivity index (χ2n) is 5.26. The smallest absolute Gasteiger partial charge is 0.269 e. The minimum absolute atomic E-state index is 0.0499. The summed E-state index contributed by atoms with van der Waals surface area (Å²) < 4.78 is 0. The Morgan fingerprint density at radius 1 is 1.18 bits per heavy atom. The van der Waals surface area contributed by atoms with Crippen molar-refractivity contribution in [3.63, 3.8) is 0 Å². The van der Waals surface area contributed by atoms with Gasteiger partial charge < -0.3 is 5.32 Å². The van der Waals surface area contributed by atoms with Gasteiger partial charge in [0, 0.05) is 29.2 Å². The molecule has 2 aromatic rings. The summed E-state index contributed by atoms with van der Waals surface area (Å²) in [5, 5.41) is 15.1. The summed E-state index contributed by atoms with van der Waals surface area (Å²) in [6.45, 7) is 4.12. The quantitative estimate of drug-likeness (QED) is 0.599. The number of nitrogens with one attached hydrogen (secondary N) is 1. The summed E-state index contributed by atoms with van der Waals surface area (Å²) in [4.78, 5) is 10.6. The van der Waals surface area contributed by atoms with Crippen molar-refractivity contribution in [2.75, 3.05) is 0 Å². The minimum atomic E-state index is -0.364. The van der Waals surface area contributed by atoms with Gasteiger partial charge in [-0.3, -0.25) is 10.1 Å². The third kappa shape index (κ3) is 4.06. The van der Waals surface area contributed by atoms with Crippen molar-refractivity contribution in [2.45, 2.75) is 32.4 Å². The molecule has 0 saturated heterocycles. The van der Waals surface area contributed by atoms with Crippen LogP contribution in [0.1, 0.15) is 43.5 Å². The number of halogens is 1. The van der Waals surface area contributed by atoms with Crippen LogP contribution in [0.15, 0.2) is 48.5 Å². The standard InChI is InChI=1S/C17H19ClN2O2/c1-3-17(14-7-5-9-16(11-14)20(21)22)19-12(2)13-6-4-8-15(18)10-13/h4-12,17,19H,3H2,1-2H3. The first kappa shape index (κ1) is 16.5. The largest absolute Gasteiger partial charge is 0.303 e. The minimum Gasteiger partial charge on any atom is -0.303 e. The first-order valence-corrected chi connectivity index (χ1v) is 7.65. The number of hydrogen-bond acceptors (Lipinski definition) is 3. The summed E-state index contributed by atoms with van der Waals surface area (Å²) in [6.07, 6.45) is 0.839.